The number of nitrogens with zero attached hydrogens (tertiary/aromatic N) is 1. The van der Waals surface area contributed by atoms with Gasteiger partial charge in [-0.05, 0) is 55.8 Å². The molecule has 2 N–H and O–H groups in total. The van der Waals surface area contributed by atoms with Gasteiger partial charge in [-0.15, -0.1) is 0 Å². The minimum Gasteiger partial charge on any atom is -0.460 e. The fraction of sp³-hybridized carbons (Fsp3) is 0.0952. The molecule has 0 spiro atoms. The summed E-state index contributed by atoms with van der Waals surface area (Å²) in [6.45, 7) is 3.70. The van der Waals surface area contributed by atoms with Gasteiger partial charge in [-0.25, -0.2) is 5.43 Å². The van der Waals surface area contributed by atoms with Crippen molar-refractivity contribution in [3.8, 4) is 0 Å². The van der Waals surface area contributed by atoms with Gasteiger partial charge in [-0.2, -0.15) is 5.10 Å². The maximum Gasteiger partial charge on any atom is 0.271 e. The monoisotopic (exact) mass is 361 g/mol. The molecule has 0 saturated carbocycles. The van der Waals surface area contributed by atoms with Crippen LogP contribution in [0, 0.1) is 13.8 Å². The number of aryl methyl sites for hydroxylation is 2. The third-order valence-electron chi connectivity index (χ3n) is 3.89. The molecule has 0 bridgehead atoms. The molecule has 1 heterocycles. The molecule has 2 aromatic carbocycles. The highest BCUT2D eigenvalue weighted by molar-refractivity contribution is 6.06. The van der Waals surface area contributed by atoms with Crippen LogP contribution in [0.2, 0.25) is 0 Å². The molecule has 0 saturated heterocycles. The lowest BCUT2D eigenvalue weighted by Gasteiger charge is -2.08. The van der Waals surface area contributed by atoms with E-state index in [-0.39, 0.29) is 11.8 Å². The Bertz CT molecular complexity index is 1010. The molecule has 3 rings (SSSR count). The third kappa shape index (κ3) is 4.70. The number of hydrogen-bond donors (Lipinski definition) is 2. The van der Waals surface area contributed by atoms with E-state index in [0.29, 0.717) is 22.6 Å². The van der Waals surface area contributed by atoms with Gasteiger partial charge in [-0.1, -0.05) is 24.3 Å². The van der Waals surface area contributed by atoms with Crippen molar-refractivity contribution in [3.63, 3.8) is 0 Å². The minimum atomic E-state index is -0.387. The van der Waals surface area contributed by atoms with Gasteiger partial charge in [0.25, 0.3) is 11.8 Å². The summed E-state index contributed by atoms with van der Waals surface area (Å²) in [7, 11) is 0. The van der Waals surface area contributed by atoms with Gasteiger partial charge in [0.2, 0.25) is 0 Å². The molecule has 0 aliphatic heterocycles. The van der Waals surface area contributed by atoms with Crippen LogP contribution >= 0.6 is 0 Å². The summed E-state index contributed by atoms with van der Waals surface area (Å²) in [6, 6.07) is 17.5. The fourth-order valence-electron chi connectivity index (χ4n) is 2.51. The predicted octanol–water partition coefficient (Wildman–Crippen LogP) is 3.91. The Labute approximate surface area is 156 Å². The molecule has 6 heteroatoms. The van der Waals surface area contributed by atoms with E-state index < -0.39 is 0 Å². The second-order valence-corrected chi connectivity index (χ2v) is 6.00. The average Bonchev–Trinajstić information content (AvgIpc) is 3.07. The molecular formula is C21H19N3O3. The number of anilines is 1. The molecule has 0 radical (unpaired) electrons. The molecule has 2 amide bonds. The van der Waals surface area contributed by atoms with Crippen LogP contribution in [0.1, 0.15) is 37.8 Å². The summed E-state index contributed by atoms with van der Waals surface area (Å²) in [5.74, 6) is 0.699. The number of furan rings is 1. The minimum absolute atomic E-state index is 0.225. The number of nitrogens with one attached hydrogen (secondary N) is 2. The summed E-state index contributed by atoms with van der Waals surface area (Å²) < 4.78 is 5.34. The molecule has 3 aromatic rings. The van der Waals surface area contributed by atoms with Gasteiger partial charge in [0, 0.05) is 16.8 Å². The Morgan fingerprint density at radius 3 is 2.52 bits per heavy atom. The first-order chi connectivity index (χ1) is 13.0. The maximum absolute atomic E-state index is 12.4. The molecule has 1 aromatic heterocycles. The lowest BCUT2D eigenvalue weighted by molar-refractivity contribution is 0.0953. The van der Waals surface area contributed by atoms with Crippen molar-refractivity contribution in [3.05, 3.63) is 88.9 Å². The van der Waals surface area contributed by atoms with Crippen LogP contribution in [-0.2, 0) is 0 Å². The normalized spacial score (nSPS) is 10.7. The highest BCUT2D eigenvalue weighted by Crippen LogP contribution is 2.14. The van der Waals surface area contributed by atoms with Gasteiger partial charge < -0.3 is 9.73 Å². The van der Waals surface area contributed by atoms with Crippen LogP contribution < -0.4 is 10.7 Å². The van der Waals surface area contributed by atoms with Crippen LogP contribution in [0.5, 0.6) is 0 Å². The standard InChI is InChI=1S/C21H19N3O3/c1-14-6-3-4-9-19(14)21(26)23-17-8-5-7-16(12-17)20(25)24-22-13-18-11-10-15(2)27-18/h3-13H,1-2H3,(H,23,26)(H,24,25). The molecule has 136 valence electrons. The van der Waals surface area contributed by atoms with E-state index in [1.165, 1.54) is 6.21 Å². The molecule has 0 unspecified atom stereocenters. The average molecular weight is 361 g/mol. The number of amides is 2. The first kappa shape index (κ1) is 18.1. The highest BCUT2D eigenvalue weighted by Gasteiger charge is 2.10. The number of carbonyl (C=O) groups excluding carboxylic acids is 2. The van der Waals surface area contributed by atoms with Crippen molar-refractivity contribution in [2.24, 2.45) is 5.10 Å². The second-order valence-electron chi connectivity index (χ2n) is 6.00. The smallest absolute Gasteiger partial charge is 0.271 e. The Morgan fingerprint density at radius 1 is 0.963 bits per heavy atom. The molecular weight excluding hydrogens is 342 g/mol. The van der Waals surface area contributed by atoms with Gasteiger partial charge >= 0.3 is 0 Å². The van der Waals surface area contributed by atoms with Crippen molar-refractivity contribution in [1.82, 2.24) is 5.43 Å². The lowest BCUT2D eigenvalue weighted by Crippen LogP contribution is -2.18. The largest absolute Gasteiger partial charge is 0.460 e. The zero-order valence-corrected chi connectivity index (χ0v) is 15.0. The number of carbonyl (C=O) groups is 2. The van der Waals surface area contributed by atoms with E-state index in [1.54, 1.807) is 36.4 Å². The third-order valence-corrected chi connectivity index (χ3v) is 3.89. The number of hydrazone groups is 1. The topological polar surface area (TPSA) is 83.7 Å². The molecule has 0 aliphatic rings. The molecule has 0 aliphatic carbocycles. The van der Waals surface area contributed by atoms with E-state index in [9.17, 15) is 9.59 Å². The summed E-state index contributed by atoms with van der Waals surface area (Å²) >= 11 is 0. The van der Waals surface area contributed by atoms with Crippen molar-refractivity contribution in [2.45, 2.75) is 13.8 Å². The Kier molecular flexibility index (Phi) is 5.47. The number of benzene rings is 2. The lowest BCUT2D eigenvalue weighted by atomic mass is 10.1. The van der Waals surface area contributed by atoms with Crippen LogP contribution in [0.15, 0.2) is 70.2 Å². The van der Waals surface area contributed by atoms with Crippen LogP contribution in [0.25, 0.3) is 0 Å². The number of hydrogen-bond acceptors (Lipinski definition) is 4. The van der Waals surface area contributed by atoms with Gasteiger partial charge in [0.1, 0.15) is 11.5 Å². The summed E-state index contributed by atoms with van der Waals surface area (Å²) in [5, 5.41) is 6.68. The van der Waals surface area contributed by atoms with E-state index in [0.717, 1.165) is 11.3 Å². The Morgan fingerprint density at radius 2 is 1.78 bits per heavy atom. The van der Waals surface area contributed by atoms with Crippen molar-refractivity contribution < 1.29 is 14.0 Å². The van der Waals surface area contributed by atoms with Gasteiger partial charge in [0.05, 0.1) is 6.21 Å². The maximum atomic E-state index is 12.4. The highest BCUT2D eigenvalue weighted by atomic mass is 16.3. The van der Waals surface area contributed by atoms with E-state index in [2.05, 4.69) is 15.8 Å². The van der Waals surface area contributed by atoms with E-state index in [1.807, 2.05) is 38.1 Å². The quantitative estimate of drug-likeness (QED) is 0.534. The second kappa shape index (κ2) is 8.14. The van der Waals surface area contributed by atoms with E-state index in [4.69, 9.17) is 4.42 Å². The first-order valence-electron chi connectivity index (χ1n) is 8.40. The number of rotatable bonds is 5. The predicted molar refractivity (Wildman–Crippen MR) is 104 cm³/mol. The van der Waals surface area contributed by atoms with Gasteiger partial charge in [0.15, 0.2) is 0 Å². The zero-order valence-electron chi connectivity index (χ0n) is 15.0. The molecule has 0 atom stereocenters. The first-order valence-corrected chi connectivity index (χ1v) is 8.40. The summed E-state index contributed by atoms with van der Waals surface area (Å²) in [6.07, 6.45) is 1.43. The zero-order chi connectivity index (χ0) is 19.2. The van der Waals surface area contributed by atoms with Crippen LogP contribution in [0.4, 0.5) is 5.69 Å². The molecule has 27 heavy (non-hydrogen) atoms. The SMILES string of the molecule is Cc1ccc(C=NNC(=O)c2cccc(NC(=O)c3ccccc3C)c2)o1. The van der Waals surface area contributed by atoms with Crippen molar-refractivity contribution >= 4 is 23.7 Å². The molecule has 6 nitrogen and oxygen atoms in total. The van der Waals surface area contributed by atoms with Crippen molar-refractivity contribution in [1.29, 1.82) is 0 Å². The van der Waals surface area contributed by atoms with Crippen molar-refractivity contribution in [2.75, 3.05) is 5.32 Å². The van der Waals surface area contributed by atoms with Crippen LogP contribution in [-0.4, -0.2) is 18.0 Å². The summed E-state index contributed by atoms with van der Waals surface area (Å²) in [4.78, 5) is 24.6. The Balaban J connectivity index is 1.66. The summed E-state index contributed by atoms with van der Waals surface area (Å²) in [5.41, 5.74) is 4.81. The van der Waals surface area contributed by atoms with E-state index >= 15 is 0 Å². The van der Waals surface area contributed by atoms with Crippen LogP contribution in [0.3, 0.4) is 0 Å². The fourth-order valence-corrected chi connectivity index (χ4v) is 2.51. The Hall–Kier alpha value is -3.67. The molecule has 0 fully saturated rings. The van der Waals surface area contributed by atoms with Gasteiger partial charge in [-0.3, -0.25) is 9.59 Å².